The molecule has 1 unspecified atom stereocenters. The van der Waals surface area contributed by atoms with Crippen molar-refractivity contribution in [2.45, 2.75) is 116 Å². The van der Waals surface area contributed by atoms with Crippen LogP contribution < -0.4 is 10.6 Å². The smallest absolute Gasteiger partial charge is 0.408 e. The number of nitrogens with one attached hydrogen (secondary N) is 2. The molecule has 0 saturated heterocycles. The maximum absolute atomic E-state index is 13.0. The van der Waals surface area contributed by atoms with Gasteiger partial charge >= 0.3 is 6.09 Å². The summed E-state index contributed by atoms with van der Waals surface area (Å²) in [5.74, 6) is 2.51. The molecule has 0 aromatic rings. The molecule has 0 bridgehead atoms. The number of rotatable bonds is 10. The molecule has 0 heterocycles. The monoisotopic (exact) mass is 438 g/mol. The third-order valence-electron chi connectivity index (χ3n) is 5.49. The highest BCUT2D eigenvalue weighted by Gasteiger charge is 2.33. The van der Waals surface area contributed by atoms with Crippen LogP contribution in [0.4, 0.5) is 4.79 Å². The molecule has 0 aromatic carbocycles. The van der Waals surface area contributed by atoms with Crippen molar-refractivity contribution in [2.24, 2.45) is 11.8 Å². The van der Waals surface area contributed by atoms with E-state index in [9.17, 15) is 19.8 Å². The molecule has 4 atom stereocenters. The average molecular weight is 439 g/mol. The number of hydrogen-bond acceptors (Lipinski definition) is 5. The van der Waals surface area contributed by atoms with Crippen LogP contribution in [-0.2, 0) is 9.53 Å². The lowest BCUT2D eigenvalue weighted by Crippen LogP contribution is -2.55. The van der Waals surface area contributed by atoms with Crippen molar-refractivity contribution in [3.63, 3.8) is 0 Å². The largest absolute Gasteiger partial charge is 0.444 e. The van der Waals surface area contributed by atoms with Gasteiger partial charge in [0.1, 0.15) is 17.7 Å². The van der Waals surface area contributed by atoms with E-state index >= 15 is 0 Å². The van der Waals surface area contributed by atoms with Crippen molar-refractivity contribution in [2.75, 3.05) is 0 Å². The van der Waals surface area contributed by atoms with Crippen LogP contribution in [0.3, 0.4) is 0 Å². The predicted molar refractivity (Wildman–Crippen MR) is 121 cm³/mol. The van der Waals surface area contributed by atoms with E-state index in [0.717, 1.165) is 25.7 Å². The average Bonchev–Trinajstić information content (AvgIpc) is 2.65. The number of ether oxygens (including phenoxy) is 1. The molecule has 1 rings (SSSR count). The molecule has 31 heavy (non-hydrogen) atoms. The van der Waals surface area contributed by atoms with Gasteiger partial charge < -0.3 is 25.6 Å². The number of carbonyl (C=O) groups excluding carboxylic acids is 2. The summed E-state index contributed by atoms with van der Waals surface area (Å²) in [6, 6.07) is -1.60. The van der Waals surface area contributed by atoms with Crippen LogP contribution in [0.5, 0.6) is 0 Å². The third kappa shape index (κ3) is 10.9. The Balaban J connectivity index is 2.90. The van der Waals surface area contributed by atoms with Crippen LogP contribution in [-0.4, -0.2) is 52.1 Å². The fraction of sp³-hybridized carbons (Fsp3) is 0.833. The molecule has 0 aliphatic heterocycles. The molecule has 0 spiro atoms. The Hall–Kier alpha value is -1.78. The van der Waals surface area contributed by atoms with Crippen LogP contribution in [0.1, 0.15) is 86.0 Å². The van der Waals surface area contributed by atoms with E-state index in [-0.39, 0.29) is 12.3 Å². The Labute approximate surface area is 187 Å². The summed E-state index contributed by atoms with van der Waals surface area (Å²) in [5.41, 5.74) is -0.706. The van der Waals surface area contributed by atoms with Gasteiger partial charge in [-0.2, -0.15) is 0 Å². The van der Waals surface area contributed by atoms with E-state index in [2.05, 4.69) is 16.6 Å². The van der Waals surface area contributed by atoms with Gasteiger partial charge in [-0.05, 0) is 45.4 Å². The topological polar surface area (TPSA) is 108 Å². The standard InChI is InChI=1S/C24H42N2O5/c1-7-11-18(26-23(30)31-24(4,5)6)22(29)25-19(15-17-12-9-8-10-13-17)21(28)20(27)14-16(2)3/h1,16-21,27-28H,8-15H2,2-6H3,(H,25,29)(H,26,30)/t18?,19-,20-,21+/m0/s1. The minimum Gasteiger partial charge on any atom is -0.444 e. The second-order valence-electron chi connectivity index (χ2n) is 10.1. The molecule has 1 aliphatic rings. The van der Waals surface area contributed by atoms with Crippen LogP contribution in [0, 0.1) is 24.2 Å². The Kier molecular flexibility index (Phi) is 11.4. The number of aliphatic hydroxyl groups excluding tert-OH is 2. The summed E-state index contributed by atoms with van der Waals surface area (Å²) in [5, 5.41) is 26.7. The van der Waals surface area contributed by atoms with Crippen molar-refractivity contribution in [3.8, 4) is 12.3 Å². The van der Waals surface area contributed by atoms with Gasteiger partial charge in [0.25, 0.3) is 0 Å². The zero-order valence-corrected chi connectivity index (χ0v) is 19.8. The fourth-order valence-corrected chi connectivity index (χ4v) is 4.02. The lowest BCUT2D eigenvalue weighted by molar-refractivity contribution is -0.125. The molecule has 7 nitrogen and oxygen atoms in total. The van der Waals surface area contributed by atoms with Gasteiger partial charge in [0.15, 0.2) is 0 Å². The number of alkyl carbamates (subject to hydrolysis) is 1. The molecule has 2 amide bonds. The van der Waals surface area contributed by atoms with E-state index in [1.165, 1.54) is 6.42 Å². The van der Waals surface area contributed by atoms with Crippen LogP contribution in [0.25, 0.3) is 0 Å². The van der Waals surface area contributed by atoms with E-state index in [4.69, 9.17) is 11.2 Å². The summed E-state index contributed by atoms with van der Waals surface area (Å²) in [7, 11) is 0. The second-order valence-corrected chi connectivity index (χ2v) is 10.1. The highest BCUT2D eigenvalue weighted by molar-refractivity contribution is 5.86. The molecule has 1 fully saturated rings. The van der Waals surface area contributed by atoms with E-state index < -0.39 is 41.9 Å². The number of aliphatic hydroxyl groups is 2. The molecule has 0 radical (unpaired) electrons. The van der Waals surface area contributed by atoms with Gasteiger partial charge in [0.2, 0.25) is 5.91 Å². The second kappa shape index (κ2) is 12.9. The van der Waals surface area contributed by atoms with Crippen LogP contribution in [0.15, 0.2) is 0 Å². The number of carbonyl (C=O) groups is 2. The van der Waals surface area contributed by atoms with Crippen molar-refractivity contribution in [1.29, 1.82) is 0 Å². The van der Waals surface area contributed by atoms with Crippen molar-refractivity contribution in [3.05, 3.63) is 0 Å². The molecular weight excluding hydrogens is 396 g/mol. The minimum atomic E-state index is -1.10. The normalized spacial score (nSPS) is 19.1. The van der Waals surface area contributed by atoms with Gasteiger partial charge in [-0.3, -0.25) is 4.79 Å². The first-order valence-electron chi connectivity index (χ1n) is 11.5. The summed E-state index contributed by atoms with van der Waals surface area (Å²) < 4.78 is 5.23. The summed E-state index contributed by atoms with van der Waals surface area (Å²) in [6.07, 6.45) is 9.20. The first kappa shape index (κ1) is 27.3. The number of amides is 2. The van der Waals surface area contributed by atoms with E-state index in [1.54, 1.807) is 20.8 Å². The van der Waals surface area contributed by atoms with Gasteiger partial charge in [-0.25, -0.2) is 4.79 Å². The fourth-order valence-electron chi connectivity index (χ4n) is 4.02. The molecule has 7 heteroatoms. The molecule has 1 saturated carbocycles. The summed E-state index contributed by atoms with van der Waals surface area (Å²) >= 11 is 0. The zero-order valence-electron chi connectivity index (χ0n) is 19.8. The third-order valence-corrected chi connectivity index (χ3v) is 5.49. The van der Waals surface area contributed by atoms with Gasteiger partial charge in [0, 0.05) is 6.42 Å². The van der Waals surface area contributed by atoms with Gasteiger partial charge in [-0.1, -0.05) is 46.0 Å². The Morgan fingerprint density at radius 3 is 2.26 bits per heavy atom. The van der Waals surface area contributed by atoms with E-state index in [1.807, 2.05) is 13.8 Å². The van der Waals surface area contributed by atoms with Crippen molar-refractivity contribution < 1.29 is 24.5 Å². The van der Waals surface area contributed by atoms with E-state index in [0.29, 0.717) is 18.8 Å². The minimum absolute atomic E-state index is 0.00807. The molecule has 0 aromatic heterocycles. The first-order valence-corrected chi connectivity index (χ1v) is 11.5. The molecule has 178 valence electrons. The highest BCUT2D eigenvalue weighted by atomic mass is 16.6. The zero-order chi connectivity index (χ0) is 23.6. The lowest BCUT2D eigenvalue weighted by atomic mass is 9.82. The van der Waals surface area contributed by atoms with Crippen LogP contribution >= 0.6 is 0 Å². The van der Waals surface area contributed by atoms with Gasteiger partial charge in [0.05, 0.1) is 12.1 Å². The maximum Gasteiger partial charge on any atom is 0.408 e. The quantitative estimate of drug-likeness (QED) is 0.392. The highest BCUT2D eigenvalue weighted by Crippen LogP contribution is 2.29. The molecular formula is C24H42N2O5. The Bertz CT molecular complexity index is 602. The number of terminal acetylenes is 1. The SMILES string of the molecule is C#CCC(NC(=O)OC(C)(C)C)C(=O)N[C@@H](CC1CCCCC1)[C@@H](O)[C@@H](O)CC(C)C. The van der Waals surface area contributed by atoms with Gasteiger partial charge in [-0.15, -0.1) is 12.3 Å². The first-order chi connectivity index (χ1) is 14.4. The predicted octanol–water partition coefficient (Wildman–Crippen LogP) is 3.13. The van der Waals surface area contributed by atoms with Crippen molar-refractivity contribution in [1.82, 2.24) is 10.6 Å². The summed E-state index contributed by atoms with van der Waals surface area (Å²) in [6.45, 7) is 9.14. The lowest BCUT2D eigenvalue weighted by Gasteiger charge is -2.33. The Morgan fingerprint density at radius 1 is 1.13 bits per heavy atom. The number of hydrogen-bond donors (Lipinski definition) is 4. The van der Waals surface area contributed by atoms with Crippen LogP contribution in [0.2, 0.25) is 0 Å². The molecule has 1 aliphatic carbocycles. The molecule has 4 N–H and O–H groups in total. The maximum atomic E-state index is 13.0. The summed E-state index contributed by atoms with van der Waals surface area (Å²) in [4.78, 5) is 25.1. The van der Waals surface area contributed by atoms with Crippen molar-refractivity contribution >= 4 is 12.0 Å². The Morgan fingerprint density at radius 2 is 1.74 bits per heavy atom.